The van der Waals surface area contributed by atoms with E-state index in [0.717, 1.165) is 22.0 Å². The average molecular weight is 833 g/mol. The molecule has 2 saturated heterocycles. The molecule has 2 bridgehead atoms. The maximum absolute atomic E-state index is 17.0. The van der Waals surface area contributed by atoms with Gasteiger partial charge in [0.15, 0.2) is 6.10 Å². The summed E-state index contributed by atoms with van der Waals surface area (Å²) in [7, 11) is 6.01. The van der Waals surface area contributed by atoms with Gasteiger partial charge in [0.2, 0.25) is 5.60 Å². The van der Waals surface area contributed by atoms with Crippen molar-refractivity contribution in [3.8, 4) is 5.75 Å². The molecular weight excluding hydrogens is 779 g/mol. The minimum absolute atomic E-state index is 0.149. The fraction of sp³-hybridized carbons (Fsp3) is 0.578. The first-order valence-corrected chi connectivity index (χ1v) is 21.1. The number of methoxy groups -OCH3 is 3. The molecule has 6 heterocycles. The van der Waals surface area contributed by atoms with Gasteiger partial charge in [0.25, 0.3) is 0 Å². The molecule has 1 aromatic heterocycles. The van der Waals surface area contributed by atoms with Gasteiger partial charge in [-0.2, -0.15) is 0 Å². The van der Waals surface area contributed by atoms with Gasteiger partial charge < -0.3 is 33.9 Å². The Morgan fingerprint density at radius 2 is 1.81 bits per heavy atom. The molecule has 3 aromatic rings. The molecular formula is C45H54ClFN4O8. The Balaban J connectivity index is 1.36. The number of alkyl halides is 2. The van der Waals surface area contributed by atoms with Crippen molar-refractivity contribution in [1.82, 2.24) is 14.8 Å². The van der Waals surface area contributed by atoms with E-state index in [2.05, 4.69) is 14.8 Å². The minimum Gasteiger partial charge on any atom is -0.496 e. The Hall–Kier alpha value is -4.17. The summed E-state index contributed by atoms with van der Waals surface area (Å²) in [6, 6.07) is 10.5. The van der Waals surface area contributed by atoms with Crippen molar-refractivity contribution >= 4 is 46.1 Å². The predicted octanol–water partition coefficient (Wildman–Crippen LogP) is 5.14. The van der Waals surface area contributed by atoms with E-state index in [4.69, 9.17) is 30.5 Å². The predicted molar refractivity (Wildman–Crippen MR) is 219 cm³/mol. The van der Waals surface area contributed by atoms with Gasteiger partial charge in [-0.05, 0) is 68.3 Å². The van der Waals surface area contributed by atoms with Crippen molar-refractivity contribution in [3.63, 3.8) is 0 Å². The molecule has 12 nitrogen and oxygen atoms in total. The maximum atomic E-state index is 17.0. The highest BCUT2D eigenvalue weighted by molar-refractivity contribution is 6.21. The van der Waals surface area contributed by atoms with Gasteiger partial charge in [-0.3, -0.25) is 19.4 Å². The van der Waals surface area contributed by atoms with Crippen LogP contribution in [0.2, 0.25) is 0 Å². The quantitative estimate of drug-likeness (QED) is 0.142. The number of aromatic nitrogens is 1. The first-order chi connectivity index (χ1) is 28.1. The molecule has 316 valence electrons. The summed E-state index contributed by atoms with van der Waals surface area (Å²) in [6.07, 6.45) is 4.08. The van der Waals surface area contributed by atoms with Crippen LogP contribution in [0.3, 0.4) is 0 Å². The number of rotatable bonds is 7. The minimum atomic E-state index is -2.33. The number of likely N-dealkylation sites (N-methyl/N-ethyl adjacent to an activating group) is 1. The van der Waals surface area contributed by atoms with Crippen molar-refractivity contribution in [1.29, 1.82) is 0 Å². The van der Waals surface area contributed by atoms with E-state index in [0.29, 0.717) is 61.7 Å². The maximum Gasteiger partial charge on any atom is 0.344 e. The Morgan fingerprint density at radius 3 is 2.49 bits per heavy atom. The number of fused-ring (bicyclic) bond motifs is 6. The molecule has 0 radical (unpaired) electrons. The van der Waals surface area contributed by atoms with E-state index in [-0.39, 0.29) is 31.3 Å². The zero-order valence-electron chi connectivity index (χ0n) is 34.8. The molecule has 14 heteroatoms. The van der Waals surface area contributed by atoms with Crippen LogP contribution >= 0.6 is 11.6 Å². The van der Waals surface area contributed by atoms with E-state index in [1.807, 2.05) is 67.4 Å². The molecule has 59 heavy (non-hydrogen) atoms. The SMILES string of the molecule is CC[C@]12C=CCN3CC[C@@]4(c5cc([C@@]6(C(=O)OC)CC7CN(Cc8c6[nH]c6ccccc86)CC(F)(C(C)Cl)C7)c(OC)cc5N(C)[C@H]4C(O)(C(=O)OC)[C@@H]1OC(C)=O)[C@@H]32. The standard InChI is InChI=1S/C45H54ClFN4O8/c1-8-41-14-11-16-51-17-15-43(36(41)51)30-18-31(34(56-5)19-33(30)49(4)37(43)45(55,40(54)58-7)38(41)59-26(3)52)44(39(53)57-6)21-27-20-42(47,25(2)46)24-50(22-27)23-29-28-12-9-10-13-32(28)48-35(29)44/h9-14,18-19,25,27,36-38,48,55H,8,15-17,20-24H2,1-7H3/t25?,27?,36-,37+,38+,41+,42?,43+,44-,45?/m0/s1. The highest BCUT2D eigenvalue weighted by Crippen LogP contribution is 2.68. The van der Waals surface area contributed by atoms with Crippen molar-refractivity contribution in [2.24, 2.45) is 11.3 Å². The van der Waals surface area contributed by atoms with Crippen molar-refractivity contribution in [2.75, 3.05) is 59.5 Å². The van der Waals surface area contributed by atoms with Gasteiger partial charge in [-0.25, -0.2) is 9.18 Å². The normalized spacial score (nSPS) is 37.3. The van der Waals surface area contributed by atoms with Crippen molar-refractivity contribution < 1.29 is 42.8 Å². The lowest BCUT2D eigenvalue weighted by molar-refractivity contribution is -0.228. The molecule has 9 rings (SSSR count). The van der Waals surface area contributed by atoms with Gasteiger partial charge >= 0.3 is 17.9 Å². The van der Waals surface area contributed by atoms with Crippen molar-refractivity contribution in [3.05, 3.63) is 70.9 Å². The monoisotopic (exact) mass is 832 g/mol. The fourth-order valence-corrected chi connectivity index (χ4v) is 13.4. The van der Waals surface area contributed by atoms with E-state index >= 15 is 9.18 Å². The number of halogens is 2. The van der Waals surface area contributed by atoms with E-state index < -0.39 is 62.9 Å². The Bertz CT molecular complexity index is 2280. The first kappa shape index (κ1) is 40.2. The molecule has 1 spiro atoms. The molecule has 6 aliphatic rings. The van der Waals surface area contributed by atoms with Gasteiger partial charge in [0.1, 0.15) is 16.8 Å². The van der Waals surface area contributed by atoms with Gasteiger partial charge in [0, 0.05) is 90.9 Å². The van der Waals surface area contributed by atoms with Crippen LogP contribution in [0, 0.1) is 11.3 Å². The van der Waals surface area contributed by atoms with Gasteiger partial charge in [-0.1, -0.05) is 37.3 Å². The number of carbonyl (C=O) groups is 3. The first-order valence-electron chi connectivity index (χ1n) is 20.7. The topological polar surface area (TPSA) is 134 Å². The average Bonchev–Trinajstić information content (AvgIpc) is 3.86. The second kappa shape index (κ2) is 13.7. The number of piperidine rings is 1. The largest absolute Gasteiger partial charge is 0.496 e. The molecule has 5 unspecified atom stereocenters. The number of benzene rings is 2. The molecule has 1 saturated carbocycles. The molecule has 2 N–H and O–H groups in total. The summed E-state index contributed by atoms with van der Waals surface area (Å²) in [5.74, 6) is -1.97. The second-order valence-electron chi connectivity index (χ2n) is 18.0. The molecule has 11 atom stereocenters. The number of anilines is 1. The van der Waals surface area contributed by atoms with Crippen LogP contribution in [-0.4, -0.2) is 127 Å². The molecule has 5 aliphatic heterocycles. The van der Waals surface area contributed by atoms with Gasteiger partial charge in [0.05, 0.1) is 32.7 Å². The summed E-state index contributed by atoms with van der Waals surface area (Å²) in [5, 5.41) is 13.4. The lowest BCUT2D eigenvalue weighted by Gasteiger charge is -2.63. The van der Waals surface area contributed by atoms with Crippen LogP contribution < -0.4 is 9.64 Å². The fourth-order valence-electron chi connectivity index (χ4n) is 13.2. The van der Waals surface area contributed by atoms with Crippen LogP contribution in [0.5, 0.6) is 5.75 Å². The second-order valence-corrected chi connectivity index (χ2v) is 18.6. The van der Waals surface area contributed by atoms with Crippen LogP contribution in [0.15, 0.2) is 48.6 Å². The Labute approximate surface area is 348 Å². The third kappa shape index (κ3) is 5.13. The highest BCUT2D eigenvalue weighted by Gasteiger charge is 2.80. The number of ether oxygens (including phenoxy) is 4. The zero-order chi connectivity index (χ0) is 42.0. The smallest absolute Gasteiger partial charge is 0.344 e. The number of nitrogens with one attached hydrogen (secondary N) is 1. The van der Waals surface area contributed by atoms with Crippen LogP contribution in [0.4, 0.5) is 10.1 Å². The lowest BCUT2D eigenvalue weighted by atomic mass is 9.47. The number of aromatic amines is 1. The molecule has 3 fully saturated rings. The number of carbonyl (C=O) groups excluding carboxylic acids is 3. The van der Waals surface area contributed by atoms with Gasteiger partial charge in [-0.15, -0.1) is 11.6 Å². The summed E-state index contributed by atoms with van der Waals surface area (Å²) < 4.78 is 40.8. The summed E-state index contributed by atoms with van der Waals surface area (Å²) in [6.45, 7) is 7.32. The summed E-state index contributed by atoms with van der Waals surface area (Å²) >= 11 is 6.64. The Morgan fingerprint density at radius 1 is 1.07 bits per heavy atom. The number of nitrogens with zero attached hydrogens (tertiary/aromatic N) is 3. The number of esters is 3. The summed E-state index contributed by atoms with van der Waals surface area (Å²) in [4.78, 5) is 52.6. The van der Waals surface area contributed by atoms with E-state index in [1.165, 1.54) is 21.1 Å². The Kier molecular flexibility index (Phi) is 9.33. The van der Waals surface area contributed by atoms with E-state index in [9.17, 15) is 14.7 Å². The number of H-pyrrole nitrogens is 1. The number of aliphatic hydroxyl groups is 1. The van der Waals surface area contributed by atoms with Crippen molar-refractivity contribution in [2.45, 2.75) is 98.7 Å². The lowest BCUT2D eigenvalue weighted by Crippen LogP contribution is -2.81. The third-order valence-corrected chi connectivity index (χ3v) is 15.7. The zero-order valence-corrected chi connectivity index (χ0v) is 35.5. The number of para-hydroxylation sites is 1. The highest BCUT2D eigenvalue weighted by atomic mass is 35.5. The number of hydrogen-bond donors (Lipinski definition) is 2. The third-order valence-electron chi connectivity index (χ3n) is 15.3. The van der Waals surface area contributed by atoms with Crippen LogP contribution in [0.25, 0.3) is 10.9 Å². The van der Waals surface area contributed by atoms with Crippen LogP contribution in [0.1, 0.15) is 68.8 Å². The molecule has 0 amide bonds. The van der Waals surface area contributed by atoms with E-state index in [1.54, 1.807) is 14.0 Å². The molecule has 2 aromatic carbocycles. The molecule has 1 aliphatic carbocycles. The number of hydrogen-bond acceptors (Lipinski definition) is 11. The van der Waals surface area contributed by atoms with Crippen LogP contribution in [-0.2, 0) is 46.0 Å². The summed E-state index contributed by atoms with van der Waals surface area (Å²) in [5.41, 5.74) is -3.10.